The maximum atomic E-state index is 11.6. The van der Waals surface area contributed by atoms with Crippen LogP contribution in [0.3, 0.4) is 0 Å². The largest absolute Gasteiger partial charge is 0.462 e. The van der Waals surface area contributed by atoms with Gasteiger partial charge in [0.05, 0.1) is 12.2 Å². The third kappa shape index (κ3) is 5.69. The third-order valence-corrected chi connectivity index (χ3v) is 3.71. The van der Waals surface area contributed by atoms with Crippen molar-refractivity contribution in [3.05, 3.63) is 53.7 Å². The van der Waals surface area contributed by atoms with Crippen LogP contribution in [0.4, 0.5) is 0 Å². The van der Waals surface area contributed by atoms with Crippen LogP contribution in [0, 0.1) is 0 Å². The Morgan fingerprint density at radius 3 is 2.42 bits per heavy atom. The number of benzene rings is 1. The number of hydrogen-bond acceptors (Lipinski definition) is 4. The Labute approximate surface area is 143 Å². The summed E-state index contributed by atoms with van der Waals surface area (Å²) in [6.07, 6.45) is 7.64. The molecule has 0 saturated carbocycles. The lowest BCUT2D eigenvalue weighted by atomic mass is 10.1. The molecule has 0 atom stereocenters. The number of carbonyl (C=O) groups excluding carboxylic acids is 1. The van der Waals surface area contributed by atoms with Gasteiger partial charge in [-0.25, -0.2) is 9.78 Å². The van der Waals surface area contributed by atoms with Gasteiger partial charge in [-0.2, -0.15) is 0 Å². The normalized spacial score (nSPS) is 10.4. The smallest absolute Gasteiger partial charge is 0.339 e. The fourth-order valence-corrected chi connectivity index (χ4v) is 2.38. The first kappa shape index (κ1) is 18.0. The van der Waals surface area contributed by atoms with E-state index in [1.165, 1.54) is 37.4 Å². The van der Waals surface area contributed by atoms with Crippen molar-refractivity contribution in [1.82, 2.24) is 4.98 Å². The summed E-state index contributed by atoms with van der Waals surface area (Å²) in [7, 11) is 0. The van der Waals surface area contributed by atoms with Crippen molar-refractivity contribution in [2.24, 2.45) is 0 Å². The number of nitrogens with zero attached hydrogens (tertiary/aromatic N) is 1. The number of aromatic nitrogens is 1. The van der Waals surface area contributed by atoms with Gasteiger partial charge in [0.1, 0.15) is 5.75 Å². The molecule has 4 heteroatoms. The molecule has 1 aromatic heterocycles. The van der Waals surface area contributed by atoms with Crippen LogP contribution in [0.15, 0.2) is 42.6 Å². The lowest BCUT2D eigenvalue weighted by molar-refractivity contribution is 0.0526. The van der Waals surface area contributed by atoms with Crippen LogP contribution >= 0.6 is 0 Å². The first-order chi connectivity index (χ1) is 11.7. The summed E-state index contributed by atoms with van der Waals surface area (Å²) >= 11 is 0. The van der Waals surface area contributed by atoms with Crippen LogP contribution in [-0.4, -0.2) is 17.6 Å². The molecule has 128 valence electrons. The predicted molar refractivity (Wildman–Crippen MR) is 94.6 cm³/mol. The number of rotatable bonds is 9. The highest BCUT2D eigenvalue weighted by Crippen LogP contribution is 2.21. The molecule has 2 rings (SSSR count). The van der Waals surface area contributed by atoms with Crippen LogP contribution in [0.2, 0.25) is 0 Å². The van der Waals surface area contributed by atoms with Crippen molar-refractivity contribution in [3.63, 3.8) is 0 Å². The Morgan fingerprint density at radius 2 is 1.79 bits per heavy atom. The van der Waals surface area contributed by atoms with E-state index in [1.807, 2.05) is 12.1 Å². The molecule has 0 saturated heterocycles. The molecule has 0 amide bonds. The molecule has 0 aliphatic rings. The lowest BCUT2D eigenvalue weighted by Crippen LogP contribution is -2.04. The van der Waals surface area contributed by atoms with Crippen molar-refractivity contribution in [3.8, 4) is 11.6 Å². The van der Waals surface area contributed by atoms with E-state index in [-0.39, 0.29) is 5.97 Å². The summed E-state index contributed by atoms with van der Waals surface area (Å²) in [5.41, 5.74) is 1.75. The summed E-state index contributed by atoms with van der Waals surface area (Å²) in [5, 5.41) is 0. The molecule has 4 nitrogen and oxygen atoms in total. The minimum Gasteiger partial charge on any atom is -0.462 e. The van der Waals surface area contributed by atoms with E-state index in [0.717, 1.165) is 12.2 Å². The van der Waals surface area contributed by atoms with Gasteiger partial charge >= 0.3 is 5.97 Å². The Morgan fingerprint density at radius 1 is 1.00 bits per heavy atom. The summed E-state index contributed by atoms with van der Waals surface area (Å²) < 4.78 is 10.6. The molecule has 0 aliphatic heterocycles. The number of carbonyl (C=O) groups is 1. The Balaban J connectivity index is 1.88. The van der Waals surface area contributed by atoms with E-state index in [1.54, 1.807) is 19.1 Å². The molecule has 0 N–H and O–H groups in total. The number of unbranched alkanes of at least 4 members (excludes halogenated alkanes) is 3. The standard InChI is InChI=1S/C20H25NO3/c1-3-5-6-7-8-16-9-12-18(13-10-16)24-19-14-11-17(15-21-19)20(22)23-4-2/h9-15H,3-8H2,1-2H3. The monoisotopic (exact) mass is 327 g/mol. The highest BCUT2D eigenvalue weighted by Gasteiger charge is 2.07. The number of hydrogen-bond donors (Lipinski definition) is 0. The average Bonchev–Trinajstić information content (AvgIpc) is 2.61. The van der Waals surface area contributed by atoms with Crippen molar-refractivity contribution in [1.29, 1.82) is 0 Å². The van der Waals surface area contributed by atoms with Gasteiger partial charge < -0.3 is 9.47 Å². The van der Waals surface area contributed by atoms with Gasteiger partial charge in [0.2, 0.25) is 5.88 Å². The highest BCUT2D eigenvalue weighted by molar-refractivity contribution is 5.89. The molecule has 0 aliphatic carbocycles. The SMILES string of the molecule is CCCCCCc1ccc(Oc2ccc(C(=O)OCC)cn2)cc1. The quantitative estimate of drug-likeness (QED) is 0.471. The first-order valence-electron chi connectivity index (χ1n) is 8.63. The molecule has 24 heavy (non-hydrogen) atoms. The van der Waals surface area contributed by atoms with Crippen LogP contribution in [0.1, 0.15) is 55.5 Å². The molecular formula is C20H25NO3. The van der Waals surface area contributed by atoms with E-state index in [4.69, 9.17) is 9.47 Å². The molecule has 0 radical (unpaired) electrons. The van der Waals surface area contributed by atoms with E-state index in [2.05, 4.69) is 24.0 Å². The summed E-state index contributed by atoms with van der Waals surface area (Å²) in [6, 6.07) is 11.4. The number of pyridine rings is 1. The van der Waals surface area contributed by atoms with E-state index < -0.39 is 0 Å². The van der Waals surface area contributed by atoms with Crippen LogP contribution in [0.25, 0.3) is 0 Å². The van der Waals surface area contributed by atoms with Gasteiger partial charge in [-0.15, -0.1) is 0 Å². The fraction of sp³-hybridized carbons (Fsp3) is 0.400. The van der Waals surface area contributed by atoms with Gasteiger partial charge in [0.15, 0.2) is 0 Å². The van der Waals surface area contributed by atoms with Crippen LogP contribution in [-0.2, 0) is 11.2 Å². The van der Waals surface area contributed by atoms with E-state index in [0.29, 0.717) is 18.1 Å². The zero-order valence-electron chi connectivity index (χ0n) is 14.5. The van der Waals surface area contributed by atoms with Gasteiger partial charge in [-0.1, -0.05) is 38.3 Å². The average molecular weight is 327 g/mol. The number of aryl methyl sites for hydroxylation is 1. The molecule has 0 spiro atoms. The Hall–Kier alpha value is -2.36. The van der Waals surface area contributed by atoms with Crippen molar-refractivity contribution >= 4 is 5.97 Å². The van der Waals surface area contributed by atoms with Crippen molar-refractivity contribution in [2.45, 2.75) is 46.0 Å². The number of ether oxygens (including phenoxy) is 2. The fourth-order valence-electron chi connectivity index (χ4n) is 2.38. The minimum absolute atomic E-state index is 0.349. The second kappa shape index (κ2) is 9.71. The van der Waals surface area contributed by atoms with Gasteiger partial charge in [-0.05, 0) is 43.5 Å². The molecule has 0 unspecified atom stereocenters. The second-order valence-electron chi connectivity index (χ2n) is 5.66. The molecule has 0 fully saturated rings. The first-order valence-corrected chi connectivity index (χ1v) is 8.63. The van der Waals surface area contributed by atoms with Gasteiger partial charge in [0, 0.05) is 12.3 Å². The minimum atomic E-state index is -0.371. The molecule has 1 aromatic carbocycles. The summed E-state index contributed by atoms with van der Waals surface area (Å²) in [6.45, 7) is 4.34. The van der Waals surface area contributed by atoms with Crippen molar-refractivity contribution < 1.29 is 14.3 Å². The zero-order valence-corrected chi connectivity index (χ0v) is 14.5. The Bertz CT molecular complexity index is 620. The number of esters is 1. The summed E-state index contributed by atoms with van der Waals surface area (Å²) in [5.74, 6) is 0.825. The molecular weight excluding hydrogens is 302 g/mol. The third-order valence-electron chi connectivity index (χ3n) is 3.71. The molecule has 1 heterocycles. The van der Waals surface area contributed by atoms with Crippen LogP contribution in [0.5, 0.6) is 11.6 Å². The van der Waals surface area contributed by atoms with Gasteiger partial charge in [-0.3, -0.25) is 0 Å². The van der Waals surface area contributed by atoms with Crippen molar-refractivity contribution in [2.75, 3.05) is 6.61 Å². The zero-order chi connectivity index (χ0) is 17.2. The maximum absolute atomic E-state index is 11.6. The van der Waals surface area contributed by atoms with E-state index >= 15 is 0 Å². The lowest BCUT2D eigenvalue weighted by Gasteiger charge is -2.07. The maximum Gasteiger partial charge on any atom is 0.339 e. The topological polar surface area (TPSA) is 48.4 Å². The van der Waals surface area contributed by atoms with Gasteiger partial charge in [0.25, 0.3) is 0 Å². The highest BCUT2D eigenvalue weighted by atomic mass is 16.5. The van der Waals surface area contributed by atoms with Crippen LogP contribution < -0.4 is 4.74 Å². The molecule has 2 aromatic rings. The Kier molecular flexibility index (Phi) is 7.27. The molecule has 0 bridgehead atoms. The predicted octanol–water partition coefficient (Wildman–Crippen LogP) is 5.17. The summed E-state index contributed by atoms with van der Waals surface area (Å²) in [4.78, 5) is 15.7. The van der Waals surface area contributed by atoms with E-state index in [9.17, 15) is 4.79 Å². The second-order valence-corrected chi connectivity index (χ2v) is 5.66.